The maximum atomic E-state index is 13.1. The first-order valence-corrected chi connectivity index (χ1v) is 9.77. The van der Waals surface area contributed by atoms with Gasteiger partial charge in [-0.25, -0.2) is 4.98 Å². The molecule has 1 aliphatic heterocycles. The van der Waals surface area contributed by atoms with Gasteiger partial charge in [-0.3, -0.25) is 4.68 Å². The van der Waals surface area contributed by atoms with E-state index in [0.29, 0.717) is 29.9 Å². The molecule has 1 aliphatic rings. The van der Waals surface area contributed by atoms with Crippen molar-refractivity contribution >= 4 is 16.7 Å². The smallest absolute Gasteiger partial charge is 0.364 e. The van der Waals surface area contributed by atoms with E-state index >= 15 is 0 Å². The molecule has 0 saturated carbocycles. The van der Waals surface area contributed by atoms with Crippen molar-refractivity contribution in [3.8, 4) is 11.3 Å². The van der Waals surface area contributed by atoms with Gasteiger partial charge >= 0.3 is 6.18 Å². The van der Waals surface area contributed by atoms with Crippen LogP contribution in [0.15, 0.2) is 24.3 Å². The molecule has 4 rings (SSSR count). The molecule has 0 amide bonds. The van der Waals surface area contributed by atoms with Crippen LogP contribution in [-0.4, -0.2) is 33.9 Å². The van der Waals surface area contributed by atoms with Gasteiger partial charge in [0.2, 0.25) is 0 Å². The highest BCUT2D eigenvalue weighted by molar-refractivity contribution is 5.99. The van der Waals surface area contributed by atoms with Crippen molar-refractivity contribution in [1.82, 2.24) is 14.8 Å². The predicted molar refractivity (Wildman–Crippen MR) is 108 cm³/mol. The summed E-state index contributed by atoms with van der Waals surface area (Å²) in [6.07, 6.45) is -3.43. The summed E-state index contributed by atoms with van der Waals surface area (Å²) in [5, 5.41) is 4.79. The average molecular weight is 403 g/mol. The number of rotatable bonds is 4. The number of anilines is 1. The molecule has 3 aromatic rings. The van der Waals surface area contributed by atoms with Crippen molar-refractivity contribution in [2.24, 2.45) is 5.73 Å². The Labute approximate surface area is 167 Å². The van der Waals surface area contributed by atoms with Crippen LogP contribution in [0.3, 0.4) is 0 Å². The van der Waals surface area contributed by atoms with Crippen LogP contribution in [0.4, 0.5) is 18.9 Å². The fraction of sp³-hybridized carbons (Fsp3) is 0.429. The second kappa shape index (κ2) is 7.02. The van der Waals surface area contributed by atoms with Crippen LogP contribution >= 0.6 is 0 Å². The van der Waals surface area contributed by atoms with Crippen LogP contribution in [0.1, 0.15) is 30.2 Å². The molecule has 1 atom stereocenters. The number of aromatic nitrogens is 3. The topological polar surface area (TPSA) is 60.0 Å². The molecule has 0 saturated heterocycles. The van der Waals surface area contributed by atoms with Crippen LogP contribution in [0.25, 0.3) is 22.3 Å². The van der Waals surface area contributed by atoms with Crippen LogP contribution in [-0.2, 0) is 12.7 Å². The first-order chi connectivity index (χ1) is 13.7. The highest BCUT2D eigenvalue weighted by Crippen LogP contribution is 2.39. The molecule has 2 N–H and O–H groups in total. The van der Waals surface area contributed by atoms with E-state index in [2.05, 4.69) is 11.8 Å². The minimum atomic E-state index is -4.37. The third-order valence-electron chi connectivity index (χ3n) is 5.59. The lowest BCUT2D eigenvalue weighted by Gasteiger charge is -2.37. The lowest BCUT2D eigenvalue weighted by Crippen LogP contribution is -2.44. The Bertz CT molecular complexity index is 1070. The van der Waals surface area contributed by atoms with E-state index in [1.54, 1.807) is 6.92 Å². The molecule has 154 valence electrons. The molecule has 29 heavy (non-hydrogen) atoms. The summed E-state index contributed by atoms with van der Waals surface area (Å²) < 4.78 is 41.2. The van der Waals surface area contributed by atoms with Gasteiger partial charge in [-0.15, -0.1) is 0 Å². The third kappa shape index (κ3) is 3.25. The number of halogens is 3. The van der Waals surface area contributed by atoms with E-state index in [9.17, 15) is 13.2 Å². The molecule has 3 heterocycles. The second-order valence-electron chi connectivity index (χ2n) is 7.58. The molecule has 2 aromatic heterocycles. The Kier molecular flexibility index (Phi) is 4.77. The maximum Gasteiger partial charge on any atom is 0.416 e. The number of hydrogen-bond acceptors (Lipinski definition) is 4. The molecule has 0 fully saturated rings. The number of pyridine rings is 1. The lowest BCUT2D eigenvalue weighted by molar-refractivity contribution is -0.137. The van der Waals surface area contributed by atoms with Gasteiger partial charge in [-0.05, 0) is 44.0 Å². The molecule has 5 nitrogen and oxygen atoms in total. The Hall–Kier alpha value is -2.61. The molecule has 0 radical (unpaired) electrons. The quantitative estimate of drug-likeness (QED) is 0.706. The maximum absolute atomic E-state index is 13.1. The standard InChI is InChI=1S/C21H24F3N5/c1-4-15-11-29-20-17(28(15)8-7-25)10-13(3)26-19(20)18(27-29)16-6-5-14(9-12(16)2)21(22,23)24/h5-6,9-10,15H,4,7-8,11,25H2,1-3H3. The van der Waals surface area contributed by atoms with Crippen molar-refractivity contribution < 1.29 is 13.2 Å². The first kappa shape index (κ1) is 19.7. The van der Waals surface area contributed by atoms with Crippen molar-refractivity contribution in [3.05, 3.63) is 41.1 Å². The summed E-state index contributed by atoms with van der Waals surface area (Å²) in [6.45, 7) is 7.71. The van der Waals surface area contributed by atoms with Crippen molar-refractivity contribution in [3.63, 3.8) is 0 Å². The summed E-state index contributed by atoms with van der Waals surface area (Å²) in [5.74, 6) is 0. The minimum absolute atomic E-state index is 0.262. The summed E-state index contributed by atoms with van der Waals surface area (Å²) in [7, 11) is 0. The Balaban J connectivity index is 1.93. The van der Waals surface area contributed by atoms with Gasteiger partial charge in [0.1, 0.15) is 16.7 Å². The molecule has 0 spiro atoms. The highest BCUT2D eigenvalue weighted by Gasteiger charge is 2.32. The van der Waals surface area contributed by atoms with E-state index in [1.165, 1.54) is 12.1 Å². The van der Waals surface area contributed by atoms with Crippen LogP contribution in [0.5, 0.6) is 0 Å². The lowest BCUT2D eigenvalue weighted by atomic mass is 10.0. The first-order valence-electron chi connectivity index (χ1n) is 9.77. The fourth-order valence-electron chi connectivity index (χ4n) is 4.21. The number of hydrogen-bond donors (Lipinski definition) is 1. The van der Waals surface area contributed by atoms with Crippen LogP contribution in [0, 0.1) is 13.8 Å². The molecule has 0 bridgehead atoms. The molecule has 1 unspecified atom stereocenters. The molecular weight excluding hydrogens is 379 g/mol. The number of nitrogens with zero attached hydrogens (tertiary/aromatic N) is 4. The van der Waals surface area contributed by atoms with Gasteiger partial charge < -0.3 is 10.6 Å². The Morgan fingerprint density at radius 3 is 2.59 bits per heavy atom. The van der Waals surface area contributed by atoms with E-state index in [4.69, 9.17) is 15.8 Å². The van der Waals surface area contributed by atoms with E-state index in [0.717, 1.165) is 41.4 Å². The predicted octanol–water partition coefficient (Wildman–Crippen LogP) is 4.29. The zero-order valence-corrected chi connectivity index (χ0v) is 16.7. The zero-order chi connectivity index (χ0) is 20.9. The largest absolute Gasteiger partial charge is 0.416 e. The Morgan fingerprint density at radius 1 is 1.21 bits per heavy atom. The van der Waals surface area contributed by atoms with Gasteiger partial charge in [-0.1, -0.05) is 13.0 Å². The molecule has 0 aliphatic carbocycles. The molecule has 1 aromatic carbocycles. The van der Waals surface area contributed by atoms with E-state index in [1.807, 2.05) is 17.7 Å². The second-order valence-corrected chi connectivity index (χ2v) is 7.58. The van der Waals surface area contributed by atoms with Gasteiger partial charge in [0, 0.05) is 30.4 Å². The van der Waals surface area contributed by atoms with E-state index < -0.39 is 11.7 Å². The number of nitrogens with two attached hydrogens (primary N) is 1. The van der Waals surface area contributed by atoms with Gasteiger partial charge in [0.15, 0.2) is 0 Å². The van der Waals surface area contributed by atoms with Crippen molar-refractivity contribution in [1.29, 1.82) is 0 Å². The van der Waals surface area contributed by atoms with E-state index in [-0.39, 0.29) is 6.04 Å². The van der Waals surface area contributed by atoms with Crippen molar-refractivity contribution in [2.45, 2.75) is 46.0 Å². The van der Waals surface area contributed by atoms with Gasteiger partial charge in [-0.2, -0.15) is 18.3 Å². The van der Waals surface area contributed by atoms with Gasteiger partial charge in [0.25, 0.3) is 0 Å². The summed E-state index contributed by atoms with van der Waals surface area (Å²) in [6, 6.07) is 6.09. The molecule has 8 heteroatoms. The fourth-order valence-corrected chi connectivity index (χ4v) is 4.21. The normalized spacial score (nSPS) is 16.7. The number of aryl methyl sites for hydroxylation is 2. The Morgan fingerprint density at radius 2 is 1.97 bits per heavy atom. The zero-order valence-electron chi connectivity index (χ0n) is 16.7. The average Bonchev–Trinajstić information content (AvgIpc) is 3.01. The minimum Gasteiger partial charge on any atom is -0.364 e. The molecular formula is C21H24F3N5. The van der Waals surface area contributed by atoms with Crippen LogP contribution in [0.2, 0.25) is 0 Å². The highest BCUT2D eigenvalue weighted by atomic mass is 19.4. The SMILES string of the molecule is CCC1Cn2nc(-c3ccc(C(F)(F)F)cc3C)c3nc(C)cc(c32)N1CCN. The third-order valence-corrected chi connectivity index (χ3v) is 5.59. The van der Waals surface area contributed by atoms with Crippen LogP contribution < -0.4 is 10.6 Å². The number of benzene rings is 1. The van der Waals surface area contributed by atoms with Gasteiger partial charge in [0.05, 0.1) is 17.8 Å². The number of alkyl halides is 3. The monoisotopic (exact) mass is 403 g/mol. The summed E-state index contributed by atoms with van der Waals surface area (Å²) >= 11 is 0. The summed E-state index contributed by atoms with van der Waals surface area (Å²) in [4.78, 5) is 7.02. The summed E-state index contributed by atoms with van der Waals surface area (Å²) in [5.41, 5.74) is 10.6. The van der Waals surface area contributed by atoms with Crippen molar-refractivity contribution in [2.75, 3.05) is 18.0 Å².